The minimum absolute atomic E-state index is 0.201. The van der Waals surface area contributed by atoms with E-state index in [1.165, 1.54) is 32.2 Å². The molecule has 1 aromatic carbocycles. The van der Waals surface area contributed by atoms with E-state index in [1.54, 1.807) is 0 Å². The van der Waals surface area contributed by atoms with Gasteiger partial charge in [0, 0.05) is 55.9 Å². The van der Waals surface area contributed by atoms with Gasteiger partial charge in [-0.15, -0.1) is 0 Å². The molecule has 3 N–H and O–H groups in total. The van der Waals surface area contributed by atoms with Gasteiger partial charge in [0.05, 0.1) is 5.92 Å². The van der Waals surface area contributed by atoms with Gasteiger partial charge in [0.25, 0.3) is 0 Å². The summed E-state index contributed by atoms with van der Waals surface area (Å²) in [5.74, 6) is 0.0134. The molecule has 158 valence electrons. The highest BCUT2D eigenvalue weighted by Crippen LogP contribution is 2.33. The molecule has 0 spiro atoms. The van der Waals surface area contributed by atoms with E-state index < -0.39 is 0 Å². The second-order valence-electron chi connectivity index (χ2n) is 8.78. The maximum absolute atomic E-state index is 12.1. The van der Waals surface area contributed by atoms with Crippen LogP contribution in [0.5, 0.6) is 0 Å². The van der Waals surface area contributed by atoms with Crippen molar-refractivity contribution in [3.05, 3.63) is 28.8 Å². The van der Waals surface area contributed by atoms with E-state index in [2.05, 4.69) is 21.2 Å². The highest BCUT2D eigenvalue weighted by Gasteiger charge is 2.30. The topological polar surface area (TPSA) is 78.7 Å². The standard InChI is InChI=1S/C22H31ClN4O2/c23-20-13-17(5-6-18(20)19-7-8-21(28)25-22(19)29)27-11-9-26(10-12-27)14-15-1-3-16(24)4-2-15/h5-6,13,15-16,19H,1-4,7-12,14,24H2,(H,25,28,29). The molecule has 7 heteroatoms. The Hall–Kier alpha value is -1.63. The molecule has 3 fully saturated rings. The van der Waals surface area contributed by atoms with Gasteiger partial charge >= 0.3 is 0 Å². The first-order valence-corrected chi connectivity index (χ1v) is 11.2. The van der Waals surface area contributed by atoms with Gasteiger partial charge in [-0.25, -0.2) is 0 Å². The molecule has 1 saturated carbocycles. The average Bonchev–Trinajstić information content (AvgIpc) is 2.71. The van der Waals surface area contributed by atoms with Crippen LogP contribution in [0.1, 0.15) is 50.0 Å². The van der Waals surface area contributed by atoms with E-state index in [9.17, 15) is 9.59 Å². The van der Waals surface area contributed by atoms with Gasteiger partial charge in [-0.05, 0) is 55.7 Å². The molecule has 1 unspecified atom stereocenters. The van der Waals surface area contributed by atoms with Crippen LogP contribution < -0.4 is 16.0 Å². The Bertz CT molecular complexity index is 755. The van der Waals surface area contributed by atoms with E-state index in [0.717, 1.165) is 43.3 Å². The zero-order valence-corrected chi connectivity index (χ0v) is 17.7. The van der Waals surface area contributed by atoms with Crippen molar-refractivity contribution >= 4 is 29.1 Å². The molecule has 2 heterocycles. The fourth-order valence-corrected chi connectivity index (χ4v) is 5.22. The summed E-state index contributed by atoms with van der Waals surface area (Å²) in [6.45, 7) is 5.29. The summed E-state index contributed by atoms with van der Waals surface area (Å²) in [4.78, 5) is 28.5. The maximum atomic E-state index is 12.1. The highest BCUT2D eigenvalue weighted by atomic mass is 35.5. The first-order valence-electron chi connectivity index (χ1n) is 10.9. The summed E-state index contributed by atoms with van der Waals surface area (Å²) in [5, 5.41) is 3.02. The number of imide groups is 1. The number of anilines is 1. The average molecular weight is 419 g/mol. The van der Waals surface area contributed by atoms with E-state index >= 15 is 0 Å². The molecule has 29 heavy (non-hydrogen) atoms. The zero-order valence-electron chi connectivity index (χ0n) is 16.9. The summed E-state index contributed by atoms with van der Waals surface area (Å²) in [7, 11) is 0. The Morgan fingerprint density at radius 1 is 1.03 bits per heavy atom. The van der Waals surface area contributed by atoms with Gasteiger partial charge in [0.15, 0.2) is 0 Å². The van der Waals surface area contributed by atoms with Crippen LogP contribution in [0.4, 0.5) is 5.69 Å². The number of nitrogens with one attached hydrogen (secondary N) is 1. The van der Waals surface area contributed by atoms with E-state index in [0.29, 0.717) is 23.9 Å². The van der Waals surface area contributed by atoms with Crippen molar-refractivity contribution in [2.75, 3.05) is 37.6 Å². The van der Waals surface area contributed by atoms with Crippen LogP contribution in [0, 0.1) is 5.92 Å². The van der Waals surface area contributed by atoms with Gasteiger partial charge in [0.2, 0.25) is 11.8 Å². The highest BCUT2D eigenvalue weighted by molar-refractivity contribution is 6.32. The first kappa shape index (κ1) is 20.6. The number of piperidine rings is 1. The number of benzene rings is 1. The largest absolute Gasteiger partial charge is 0.369 e. The van der Waals surface area contributed by atoms with Crippen LogP contribution in [0.3, 0.4) is 0 Å². The number of rotatable bonds is 4. The fraction of sp³-hybridized carbons (Fsp3) is 0.636. The number of hydrogen-bond acceptors (Lipinski definition) is 5. The van der Waals surface area contributed by atoms with Gasteiger partial charge < -0.3 is 10.6 Å². The summed E-state index contributed by atoms with van der Waals surface area (Å²) < 4.78 is 0. The molecule has 2 aliphatic heterocycles. The van der Waals surface area contributed by atoms with Crippen LogP contribution in [-0.2, 0) is 9.59 Å². The number of carbonyl (C=O) groups is 2. The predicted octanol–water partition coefficient (Wildman–Crippen LogP) is 2.50. The Morgan fingerprint density at radius 2 is 1.76 bits per heavy atom. The number of carbonyl (C=O) groups excluding carboxylic acids is 2. The van der Waals surface area contributed by atoms with Crippen LogP contribution in [0.25, 0.3) is 0 Å². The molecule has 0 bridgehead atoms. The Morgan fingerprint density at radius 3 is 2.41 bits per heavy atom. The molecule has 3 aliphatic rings. The summed E-state index contributed by atoms with van der Waals surface area (Å²) in [6.07, 6.45) is 5.75. The van der Waals surface area contributed by atoms with E-state index in [-0.39, 0.29) is 17.7 Å². The summed E-state index contributed by atoms with van der Waals surface area (Å²) in [6, 6.07) is 6.40. The van der Waals surface area contributed by atoms with Crippen molar-refractivity contribution in [1.29, 1.82) is 0 Å². The number of nitrogens with two attached hydrogens (primary N) is 1. The molecular weight excluding hydrogens is 388 g/mol. The third-order valence-corrected chi connectivity index (χ3v) is 7.07. The molecule has 0 radical (unpaired) electrons. The monoisotopic (exact) mass is 418 g/mol. The molecular formula is C22H31ClN4O2. The van der Waals surface area contributed by atoms with Crippen molar-refractivity contribution < 1.29 is 9.59 Å². The number of amides is 2. The van der Waals surface area contributed by atoms with Gasteiger partial charge in [-0.2, -0.15) is 0 Å². The Labute approximate surface area is 177 Å². The third-order valence-electron chi connectivity index (χ3n) is 6.74. The summed E-state index contributed by atoms with van der Waals surface area (Å²) in [5.41, 5.74) is 7.95. The van der Waals surface area contributed by atoms with E-state index in [4.69, 9.17) is 17.3 Å². The van der Waals surface area contributed by atoms with Gasteiger partial charge in [-0.3, -0.25) is 19.8 Å². The SMILES string of the molecule is NC1CCC(CN2CCN(c3ccc(C4CCC(=O)NC4=O)c(Cl)c3)CC2)CC1. The maximum Gasteiger partial charge on any atom is 0.234 e. The second kappa shape index (κ2) is 9.02. The number of piperazine rings is 1. The summed E-state index contributed by atoms with van der Waals surface area (Å²) >= 11 is 6.54. The number of hydrogen-bond donors (Lipinski definition) is 2. The smallest absolute Gasteiger partial charge is 0.234 e. The van der Waals surface area contributed by atoms with Gasteiger partial charge in [0.1, 0.15) is 0 Å². The first-order chi connectivity index (χ1) is 14.0. The van der Waals surface area contributed by atoms with Crippen LogP contribution in [0.2, 0.25) is 5.02 Å². The molecule has 4 rings (SSSR count). The molecule has 1 aromatic rings. The van der Waals surface area contributed by atoms with Crippen LogP contribution in [-0.4, -0.2) is 55.5 Å². The molecule has 2 amide bonds. The van der Waals surface area contributed by atoms with Crippen molar-refractivity contribution in [2.45, 2.75) is 50.5 Å². The lowest BCUT2D eigenvalue weighted by Gasteiger charge is -2.39. The van der Waals surface area contributed by atoms with Crippen molar-refractivity contribution in [3.8, 4) is 0 Å². The van der Waals surface area contributed by atoms with Crippen LogP contribution >= 0.6 is 11.6 Å². The number of halogens is 1. The molecule has 0 aromatic heterocycles. The Kier molecular flexibility index (Phi) is 6.42. The van der Waals surface area contributed by atoms with Crippen molar-refractivity contribution in [2.24, 2.45) is 11.7 Å². The predicted molar refractivity (Wildman–Crippen MR) is 115 cm³/mol. The molecule has 2 saturated heterocycles. The van der Waals surface area contributed by atoms with E-state index in [1.807, 2.05) is 12.1 Å². The lowest BCUT2D eigenvalue weighted by atomic mass is 9.86. The van der Waals surface area contributed by atoms with Crippen molar-refractivity contribution in [1.82, 2.24) is 10.2 Å². The van der Waals surface area contributed by atoms with Gasteiger partial charge in [-0.1, -0.05) is 17.7 Å². The third kappa shape index (κ3) is 4.93. The zero-order chi connectivity index (χ0) is 20.4. The van der Waals surface area contributed by atoms with Crippen LogP contribution in [0.15, 0.2) is 18.2 Å². The molecule has 1 atom stereocenters. The quantitative estimate of drug-likeness (QED) is 0.734. The minimum Gasteiger partial charge on any atom is -0.369 e. The molecule has 1 aliphatic carbocycles. The lowest BCUT2D eigenvalue weighted by Crippen LogP contribution is -2.48. The second-order valence-corrected chi connectivity index (χ2v) is 9.19. The van der Waals surface area contributed by atoms with Crippen molar-refractivity contribution in [3.63, 3.8) is 0 Å². The lowest BCUT2D eigenvalue weighted by molar-refractivity contribution is -0.134. The number of nitrogens with zero attached hydrogens (tertiary/aromatic N) is 2. The fourth-order valence-electron chi connectivity index (χ4n) is 4.91. The normalized spacial score (nSPS) is 29.0. The molecule has 6 nitrogen and oxygen atoms in total. The Balaban J connectivity index is 1.32. The minimum atomic E-state index is -0.338.